The molecule has 2 aromatic heterocycles. The fourth-order valence-electron chi connectivity index (χ4n) is 1.50. The van der Waals surface area contributed by atoms with E-state index >= 15 is 0 Å². The Morgan fingerprint density at radius 3 is 2.83 bits per heavy atom. The molecule has 8 heteroatoms. The molecule has 3 aromatic rings. The molecule has 90 valence electrons. The van der Waals surface area contributed by atoms with E-state index in [9.17, 15) is 4.79 Å². The van der Waals surface area contributed by atoms with Crippen LogP contribution in [-0.4, -0.2) is 30.0 Å². The molecule has 0 saturated heterocycles. The zero-order valence-corrected chi connectivity index (χ0v) is 9.45. The Morgan fingerprint density at radius 2 is 2.06 bits per heavy atom. The molecule has 0 aliphatic heterocycles. The Morgan fingerprint density at radius 1 is 1.28 bits per heavy atom. The molecule has 0 unspecified atom stereocenters. The molecular weight excluding hydrogens is 234 g/mol. The molecule has 0 saturated carbocycles. The molecule has 0 amide bonds. The van der Waals surface area contributed by atoms with Crippen LogP contribution in [0.25, 0.3) is 5.78 Å². The fourth-order valence-corrected chi connectivity index (χ4v) is 1.50. The SMILES string of the molecule is Cc1ccc(Nc2nc3nnnn3c(=O)[nH]2)cc1. The lowest BCUT2D eigenvalue weighted by atomic mass is 10.2. The van der Waals surface area contributed by atoms with Gasteiger partial charge < -0.3 is 5.32 Å². The van der Waals surface area contributed by atoms with Crippen LogP contribution in [-0.2, 0) is 0 Å². The molecule has 0 spiro atoms. The summed E-state index contributed by atoms with van der Waals surface area (Å²) in [5.41, 5.74) is 1.53. The van der Waals surface area contributed by atoms with Crippen LogP contribution < -0.4 is 11.0 Å². The summed E-state index contributed by atoms with van der Waals surface area (Å²) in [4.78, 5) is 18.2. The Balaban J connectivity index is 1.99. The van der Waals surface area contributed by atoms with E-state index in [4.69, 9.17) is 0 Å². The normalized spacial score (nSPS) is 10.7. The van der Waals surface area contributed by atoms with Gasteiger partial charge in [-0.15, -0.1) is 4.52 Å². The number of aromatic nitrogens is 6. The third-order valence-electron chi connectivity index (χ3n) is 2.40. The average molecular weight is 243 g/mol. The van der Waals surface area contributed by atoms with Crippen molar-refractivity contribution in [2.45, 2.75) is 6.92 Å². The van der Waals surface area contributed by atoms with E-state index in [0.717, 1.165) is 15.8 Å². The first-order chi connectivity index (χ1) is 8.72. The van der Waals surface area contributed by atoms with Gasteiger partial charge in [-0.1, -0.05) is 22.8 Å². The van der Waals surface area contributed by atoms with Crippen LogP contribution >= 0.6 is 0 Å². The molecule has 0 aliphatic rings. The van der Waals surface area contributed by atoms with Gasteiger partial charge >= 0.3 is 5.69 Å². The first-order valence-electron chi connectivity index (χ1n) is 5.24. The van der Waals surface area contributed by atoms with E-state index in [0.29, 0.717) is 5.95 Å². The van der Waals surface area contributed by atoms with Gasteiger partial charge in [-0.2, -0.15) is 4.98 Å². The van der Waals surface area contributed by atoms with Gasteiger partial charge in [0, 0.05) is 5.69 Å². The molecule has 2 N–H and O–H groups in total. The second-order valence-electron chi connectivity index (χ2n) is 3.77. The minimum atomic E-state index is -0.445. The molecule has 0 fully saturated rings. The molecule has 0 radical (unpaired) electrons. The summed E-state index contributed by atoms with van der Waals surface area (Å²) < 4.78 is 0.986. The van der Waals surface area contributed by atoms with Gasteiger partial charge in [0.15, 0.2) is 0 Å². The monoisotopic (exact) mass is 243 g/mol. The number of nitrogens with one attached hydrogen (secondary N) is 2. The molecular formula is C10H9N7O. The van der Waals surface area contributed by atoms with Gasteiger partial charge in [-0.25, -0.2) is 4.79 Å². The van der Waals surface area contributed by atoms with Gasteiger partial charge in [0.2, 0.25) is 5.95 Å². The summed E-state index contributed by atoms with van der Waals surface area (Å²) in [5.74, 6) is 0.444. The number of aryl methyl sites for hydroxylation is 1. The highest BCUT2D eigenvalue weighted by Crippen LogP contribution is 2.12. The number of hydrogen-bond acceptors (Lipinski definition) is 6. The molecule has 8 nitrogen and oxygen atoms in total. The van der Waals surface area contributed by atoms with Crippen LogP contribution in [0, 0.1) is 6.92 Å². The van der Waals surface area contributed by atoms with Crippen LogP contribution in [0.15, 0.2) is 29.1 Å². The van der Waals surface area contributed by atoms with Gasteiger partial charge in [-0.3, -0.25) is 4.98 Å². The number of aromatic amines is 1. The quantitative estimate of drug-likeness (QED) is 0.669. The number of H-pyrrole nitrogens is 1. The van der Waals surface area contributed by atoms with Crippen molar-refractivity contribution >= 4 is 17.4 Å². The summed E-state index contributed by atoms with van der Waals surface area (Å²) in [6.07, 6.45) is 0. The lowest BCUT2D eigenvalue weighted by molar-refractivity contribution is 0.775. The average Bonchev–Trinajstić information content (AvgIpc) is 2.81. The maximum atomic E-state index is 11.6. The lowest BCUT2D eigenvalue weighted by Gasteiger charge is -2.04. The molecule has 0 atom stereocenters. The Bertz CT molecular complexity index is 743. The van der Waals surface area contributed by atoms with E-state index in [-0.39, 0.29) is 5.78 Å². The summed E-state index contributed by atoms with van der Waals surface area (Å²) in [7, 11) is 0. The van der Waals surface area contributed by atoms with Gasteiger partial charge in [-0.05, 0) is 29.5 Å². The van der Waals surface area contributed by atoms with Crippen LogP contribution in [0.1, 0.15) is 5.56 Å². The summed E-state index contributed by atoms with van der Waals surface area (Å²) in [6.45, 7) is 2.00. The predicted octanol–water partition coefficient (Wildman–Crippen LogP) is 0.260. The van der Waals surface area contributed by atoms with Gasteiger partial charge in [0.25, 0.3) is 5.78 Å². The van der Waals surface area contributed by atoms with Crippen molar-refractivity contribution in [3.8, 4) is 0 Å². The molecule has 1 aromatic carbocycles. The minimum absolute atomic E-state index is 0.147. The molecule has 18 heavy (non-hydrogen) atoms. The largest absolute Gasteiger partial charge is 0.353 e. The fraction of sp³-hybridized carbons (Fsp3) is 0.100. The Labute approximate surface area is 101 Å². The molecule has 0 bridgehead atoms. The standard InChI is InChI=1S/C10H9N7O/c1-6-2-4-7(5-3-6)11-8-12-9-14-15-16-17(9)10(18)13-8/h2-5H,1H3,(H2,11,12,13,14,16,18). The number of benzene rings is 1. The van der Waals surface area contributed by atoms with Crippen molar-refractivity contribution in [1.82, 2.24) is 30.0 Å². The van der Waals surface area contributed by atoms with Crippen molar-refractivity contribution in [3.63, 3.8) is 0 Å². The Kier molecular flexibility index (Phi) is 2.26. The molecule has 2 heterocycles. The highest BCUT2D eigenvalue weighted by Gasteiger charge is 2.05. The summed E-state index contributed by atoms with van der Waals surface area (Å²) in [6, 6.07) is 7.69. The molecule has 3 rings (SSSR count). The van der Waals surface area contributed by atoms with Crippen LogP contribution in [0.3, 0.4) is 0 Å². The van der Waals surface area contributed by atoms with Crippen molar-refractivity contribution in [3.05, 3.63) is 40.3 Å². The van der Waals surface area contributed by atoms with E-state index < -0.39 is 5.69 Å². The van der Waals surface area contributed by atoms with E-state index in [1.54, 1.807) is 0 Å². The van der Waals surface area contributed by atoms with Crippen molar-refractivity contribution in [1.29, 1.82) is 0 Å². The summed E-state index contributed by atoms with van der Waals surface area (Å²) in [5, 5.41) is 13.5. The zero-order valence-electron chi connectivity index (χ0n) is 9.45. The van der Waals surface area contributed by atoms with E-state index in [1.165, 1.54) is 0 Å². The maximum absolute atomic E-state index is 11.6. The third-order valence-corrected chi connectivity index (χ3v) is 2.40. The van der Waals surface area contributed by atoms with E-state index in [1.807, 2.05) is 31.2 Å². The number of rotatable bonds is 2. The predicted molar refractivity (Wildman–Crippen MR) is 63.7 cm³/mol. The van der Waals surface area contributed by atoms with Crippen LogP contribution in [0.2, 0.25) is 0 Å². The van der Waals surface area contributed by atoms with Gasteiger partial charge in [0.05, 0.1) is 0 Å². The number of fused-ring (bicyclic) bond motifs is 1. The first-order valence-corrected chi connectivity index (χ1v) is 5.24. The summed E-state index contributed by atoms with van der Waals surface area (Å²) >= 11 is 0. The highest BCUT2D eigenvalue weighted by molar-refractivity contribution is 5.54. The first kappa shape index (κ1) is 10.4. The van der Waals surface area contributed by atoms with Gasteiger partial charge in [0.1, 0.15) is 0 Å². The molecule has 0 aliphatic carbocycles. The number of nitrogens with zero attached hydrogens (tertiary/aromatic N) is 5. The lowest BCUT2D eigenvalue weighted by Crippen LogP contribution is -2.20. The van der Waals surface area contributed by atoms with Crippen LogP contribution in [0.4, 0.5) is 11.6 Å². The highest BCUT2D eigenvalue weighted by atomic mass is 16.1. The minimum Gasteiger partial charge on any atom is -0.326 e. The van der Waals surface area contributed by atoms with E-state index in [2.05, 4.69) is 30.8 Å². The number of anilines is 2. The van der Waals surface area contributed by atoms with Crippen molar-refractivity contribution in [2.24, 2.45) is 0 Å². The third kappa shape index (κ3) is 1.79. The zero-order chi connectivity index (χ0) is 12.5. The second kappa shape index (κ2) is 3.91. The number of hydrogen-bond donors (Lipinski definition) is 2. The Hall–Kier alpha value is -2.77. The topological polar surface area (TPSA) is 101 Å². The second-order valence-corrected chi connectivity index (χ2v) is 3.77. The van der Waals surface area contributed by atoms with Crippen molar-refractivity contribution in [2.75, 3.05) is 5.32 Å². The van der Waals surface area contributed by atoms with Crippen LogP contribution in [0.5, 0.6) is 0 Å². The smallest absolute Gasteiger partial charge is 0.326 e. The maximum Gasteiger partial charge on any atom is 0.353 e. The van der Waals surface area contributed by atoms with Crippen molar-refractivity contribution < 1.29 is 0 Å². The number of tetrazole rings is 1.